The lowest BCUT2D eigenvalue weighted by Crippen LogP contribution is -2.06. The van der Waals surface area contributed by atoms with E-state index in [4.69, 9.17) is 11.6 Å². The fourth-order valence-corrected chi connectivity index (χ4v) is 1.35. The van der Waals surface area contributed by atoms with Gasteiger partial charge >= 0.3 is 11.9 Å². The molecule has 2 rings (SSSR count). The highest BCUT2D eigenvalue weighted by Crippen LogP contribution is 2.32. The summed E-state index contributed by atoms with van der Waals surface area (Å²) in [5.74, 6) is -0.980. The molecule has 5 nitrogen and oxygen atoms in total. The smallest absolute Gasteiger partial charge is 0.296 e. The van der Waals surface area contributed by atoms with Gasteiger partial charge in [0.1, 0.15) is 5.69 Å². The number of hydrogen-bond acceptors (Lipinski definition) is 4. The lowest BCUT2D eigenvalue weighted by Gasteiger charge is -2.07. The number of nitrogens with one attached hydrogen (secondary N) is 1. The summed E-state index contributed by atoms with van der Waals surface area (Å²) < 4.78 is 41.1. The van der Waals surface area contributed by atoms with Gasteiger partial charge in [-0.25, -0.2) is 4.79 Å². The van der Waals surface area contributed by atoms with E-state index in [2.05, 4.69) is 19.6 Å². The van der Waals surface area contributed by atoms with Crippen LogP contribution in [-0.4, -0.2) is 15.1 Å². The molecule has 0 aliphatic heterocycles. The Labute approximate surface area is 96.2 Å². The maximum absolute atomic E-state index is 12.3. The van der Waals surface area contributed by atoms with Crippen LogP contribution in [0.2, 0.25) is 5.02 Å². The summed E-state index contributed by atoms with van der Waals surface area (Å²) in [6, 6.07) is 0.691. The second-order valence-electron chi connectivity index (χ2n) is 3.00. The Kier molecular flexibility index (Phi) is 2.66. The van der Waals surface area contributed by atoms with E-state index in [-0.39, 0.29) is 16.5 Å². The van der Waals surface area contributed by atoms with Crippen molar-refractivity contribution < 1.29 is 17.7 Å². The van der Waals surface area contributed by atoms with Crippen LogP contribution in [0, 0.1) is 0 Å². The summed E-state index contributed by atoms with van der Waals surface area (Å²) in [6.07, 6.45) is -3.94. The van der Waals surface area contributed by atoms with E-state index in [9.17, 15) is 18.0 Å². The van der Waals surface area contributed by atoms with Crippen molar-refractivity contribution in [2.24, 2.45) is 0 Å². The number of hydrogen-bond donors (Lipinski definition) is 1. The summed E-state index contributed by atoms with van der Waals surface area (Å²) in [5, 5.41) is 2.98. The van der Waals surface area contributed by atoms with Crippen LogP contribution in [-0.2, 0) is 6.18 Å². The molecular weight excluding hydrogens is 263 g/mol. The minimum absolute atomic E-state index is 0.0921. The highest BCUT2D eigenvalue weighted by Gasteiger charge is 2.31. The molecule has 17 heavy (non-hydrogen) atoms. The van der Waals surface area contributed by atoms with Gasteiger partial charge in [-0.15, -0.1) is 0 Å². The Morgan fingerprint density at radius 2 is 2.12 bits per heavy atom. The van der Waals surface area contributed by atoms with E-state index in [1.165, 1.54) is 0 Å². The number of pyridine rings is 1. The Morgan fingerprint density at radius 3 is 2.59 bits per heavy atom. The first-order chi connectivity index (χ1) is 7.88. The summed E-state index contributed by atoms with van der Waals surface area (Å²) in [6.45, 7) is 0. The van der Waals surface area contributed by atoms with E-state index >= 15 is 0 Å². The average molecular weight is 266 g/mol. The fraction of sp³-hybridized carbons (Fsp3) is 0.125. The Morgan fingerprint density at radius 1 is 1.41 bits per heavy atom. The summed E-state index contributed by atoms with van der Waals surface area (Å²) in [4.78, 5) is 16.3. The minimum atomic E-state index is -4.54. The van der Waals surface area contributed by atoms with Gasteiger partial charge < -0.3 is 0 Å². The van der Waals surface area contributed by atoms with E-state index in [0.29, 0.717) is 12.3 Å². The van der Waals surface area contributed by atoms with Crippen molar-refractivity contribution in [2.75, 3.05) is 0 Å². The Balaban J connectivity index is 2.49. The topological polar surface area (TPSA) is 71.8 Å². The van der Waals surface area contributed by atoms with E-state index < -0.39 is 17.5 Å². The third-order valence-electron chi connectivity index (χ3n) is 1.83. The quantitative estimate of drug-likeness (QED) is 0.857. The summed E-state index contributed by atoms with van der Waals surface area (Å²) in [7, 11) is 0. The van der Waals surface area contributed by atoms with E-state index in [1.54, 1.807) is 0 Å². The van der Waals surface area contributed by atoms with Gasteiger partial charge in [-0.2, -0.15) is 13.2 Å². The molecule has 0 atom stereocenters. The maximum atomic E-state index is 12.3. The first kappa shape index (κ1) is 11.6. The van der Waals surface area contributed by atoms with Gasteiger partial charge in [0.05, 0.1) is 10.6 Å². The molecule has 0 saturated carbocycles. The Hall–Kier alpha value is -1.83. The van der Waals surface area contributed by atoms with Crippen LogP contribution in [0.5, 0.6) is 0 Å². The molecule has 0 radical (unpaired) electrons. The summed E-state index contributed by atoms with van der Waals surface area (Å²) in [5.41, 5.74) is -1.08. The fourth-order valence-electron chi connectivity index (χ4n) is 1.10. The molecule has 0 aromatic carbocycles. The lowest BCUT2D eigenvalue weighted by molar-refractivity contribution is -0.137. The SMILES string of the molecule is O=c1[nH]c(-c2ncc(C(F)(F)F)cc2Cl)no1. The average Bonchev–Trinajstić information content (AvgIpc) is 2.63. The second-order valence-corrected chi connectivity index (χ2v) is 3.40. The maximum Gasteiger partial charge on any atom is 0.439 e. The number of aromatic nitrogens is 3. The van der Waals surface area contributed by atoms with Gasteiger partial charge in [-0.1, -0.05) is 16.8 Å². The Bertz CT molecular complexity index is 605. The van der Waals surface area contributed by atoms with Gasteiger partial charge in [-0.05, 0) is 6.07 Å². The van der Waals surface area contributed by atoms with Gasteiger partial charge in [0.15, 0.2) is 0 Å². The molecule has 90 valence electrons. The van der Waals surface area contributed by atoms with Gasteiger partial charge in [0, 0.05) is 6.20 Å². The van der Waals surface area contributed by atoms with E-state index in [0.717, 1.165) is 0 Å². The first-order valence-corrected chi connectivity index (χ1v) is 4.55. The van der Waals surface area contributed by atoms with Crippen molar-refractivity contribution in [1.29, 1.82) is 0 Å². The normalized spacial score (nSPS) is 11.8. The van der Waals surface area contributed by atoms with Crippen molar-refractivity contribution in [2.45, 2.75) is 6.18 Å². The molecule has 1 N–H and O–H groups in total. The zero-order chi connectivity index (χ0) is 12.6. The van der Waals surface area contributed by atoms with Crippen molar-refractivity contribution in [3.8, 4) is 11.5 Å². The zero-order valence-corrected chi connectivity index (χ0v) is 8.63. The van der Waals surface area contributed by atoms with Crippen molar-refractivity contribution in [1.82, 2.24) is 15.1 Å². The second kappa shape index (κ2) is 3.88. The highest BCUT2D eigenvalue weighted by molar-refractivity contribution is 6.32. The molecule has 0 bridgehead atoms. The molecule has 0 aliphatic carbocycles. The predicted octanol–water partition coefficient (Wildman–Crippen LogP) is 2.10. The van der Waals surface area contributed by atoms with Crippen LogP contribution in [0.1, 0.15) is 5.56 Å². The predicted molar refractivity (Wildman–Crippen MR) is 50.4 cm³/mol. The molecule has 0 spiro atoms. The molecule has 9 heteroatoms. The van der Waals surface area contributed by atoms with Gasteiger partial charge in [0.2, 0.25) is 5.82 Å². The number of rotatable bonds is 1. The van der Waals surface area contributed by atoms with Crippen LogP contribution < -0.4 is 5.76 Å². The number of nitrogens with zero attached hydrogens (tertiary/aromatic N) is 2. The summed E-state index contributed by atoms with van der Waals surface area (Å²) >= 11 is 5.61. The first-order valence-electron chi connectivity index (χ1n) is 4.17. The van der Waals surface area contributed by atoms with Crippen molar-refractivity contribution in [3.63, 3.8) is 0 Å². The van der Waals surface area contributed by atoms with Crippen LogP contribution in [0.15, 0.2) is 21.6 Å². The number of H-pyrrole nitrogens is 1. The largest absolute Gasteiger partial charge is 0.439 e. The van der Waals surface area contributed by atoms with E-state index in [1.807, 2.05) is 0 Å². The van der Waals surface area contributed by atoms with Crippen LogP contribution in [0.3, 0.4) is 0 Å². The molecule has 0 amide bonds. The monoisotopic (exact) mass is 265 g/mol. The number of alkyl halides is 3. The van der Waals surface area contributed by atoms with Crippen molar-refractivity contribution >= 4 is 11.6 Å². The molecule has 2 heterocycles. The molecule has 2 aromatic rings. The third kappa shape index (κ3) is 2.31. The molecule has 0 saturated heterocycles. The van der Waals surface area contributed by atoms with Crippen LogP contribution in [0.4, 0.5) is 13.2 Å². The molecule has 2 aromatic heterocycles. The standard InChI is InChI=1S/C8H3ClF3N3O2/c9-4-1-3(8(10,11)12)2-13-5(4)6-14-7(16)17-15-6/h1-2H,(H,14,15,16). The van der Waals surface area contributed by atoms with Gasteiger partial charge in [-0.3, -0.25) is 14.5 Å². The zero-order valence-electron chi connectivity index (χ0n) is 7.88. The van der Waals surface area contributed by atoms with Gasteiger partial charge in [0.25, 0.3) is 0 Å². The highest BCUT2D eigenvalue weighted by atomic mass is 35.5. The van der Waals surface area contributed by atoms with Crippen LogP contribution in [0.25, 0.3) is 11.5 Å². The van der Waals surface area contributed by atoms with Crippen LogP contribution >= 0.6 is 11.6 Å². The molecule has 0 fully saturated rings. The molecule has 0 unspecified atom stereocenters. The minimum Gasteiger partial charge on any atom is -0.296 e. The lowest BCUT2D eigenvalue weighted by atomic mass is 10.2. The number of aromatic amines is 1. The number of halogens is 4. The van der Waals surface area contributed by atoms with Crippen molar-refractivity contribution in [3.05, 3.63) is 33.4 Å². The third-order valence-corrected chi connectivity index (χ3v) is 2.12. The molecule has 0 aliphatic rings. The molecular formula is C8H3ClF3N3O2.